The van der Waals surface area contributed by atoms with Crippen LogP contribution in [0.1, 0.15) is 11.3 Å². The molecule has 0 aliphatic carbocycles. The van der Waals surface area contributed by atoms with E-state index in [-0.39, 0.29) is 13.1 Å². The van der Waals surface area contributed by atoms with E-state index in [0.29, 0.717) is 5.82 Å². The Balaban J connectivity index is 1.57. The summed E-state index contributed by atoms with van der Waals surface area (Å²) in [5.74, 6) is 0.146. The lowest BCUT2D eigenvalue weighted by Crippen LogP contribution is -2.27. The minimum Gasteiger partial charge on any atom is -0.350 e. The van der Waals surface area contributed by atoms with Crippen LogP contribution in [0, 0.1) is 0 Å². The molecule has 1 N–H and O–H groups in total. The Morgan fingerprint density at radius 2 is 2.04 bits per heavy atom. The maximum absolute atomic E-state index is 12.5. The third kappa shape index (κ3) is 4.22. The van der Waals surface area contributed by atoms with Crippen molar-refractivity contribution in [2.24, 2.45) is 0 Å². The zero-order chi connectivity index (χ0) is 17.9. The van der Waals surface area contributed by atoms with E-state index in [4.69, 9.17) is 0 Å². The van der Waals surface area contributed by atoms with E-state index in [0.717, 1.165) is 22.5 Å². The second-order valence-electron chi connectivity index (χ2n) is 5.15. The summed E-state index contributed by atoms with van der Waals surface area (Å²) in [7, 11) is 0. The number of hydrogen-bond acceptors (Lipinski definition) is 4. The first-order valence-electron chi connectivity index (χ1n) is 7.24. The molecule has 0 aliphatic rings. The zero-order valence-electron chi connectivity index (χ0n) is 12.8. The minimum absolute atomic E-state index is 0.211. The maximum Gasteiger partial charge on any atom is 0.435 e. The summed E-state index contributed by atoms with van der Waals surface area (Å²) < 4.78 is 39.9. The van der Waals surface area contributed by atoms with E-state index in [1.54, 1.807) is 41.5 Å². The molecule has 0 aliphatic heterocycles. The molecule has 7 nitrogen and oxygen atoms in total. The van der Waals surface area contributed by atoms with Crippen LogP contribution in [0.15, 0.2) is 49.1 Å². The van der Waals surface area contributed by atoms with Crippen LogP contribution >= 0.6 is 0 Å². The van der Waals surface area contributed by atoms with Crippen molar-refractivity contribution in [3.63, 3.8) is 0 Å². The monoisotopic (exact) mass is 350 g/mol. The van der Waals surface area contributed by atoms with E-state index in [1.165, 1.54) is 0 Å². The van der Waals surface area contributed by atoms with Crippen molar-refractivity contribution in [1.82, 2.24) is 29.9 Å². The minimum atomic E-state index is -4.53. The summed E-state index contributed by atoms with van der Waals surface area (Å²) in [5.41, 5.74) is -0.247. The highest BCUT2D eigenvalue weighted by Crippen LogP contribution is 2.27. The van der Waals surface area contributed by atoms with Crippen LogP contribution < -0.4 is 5.32 Å². The number of carbonyl (C=O) groups excluding carboxylic acids is 1. The summed E-state index contributed by atoms with van der Waals surface area (Å²) in [6.07, 6.45) is 1.53. The number of alkyl halides is 3. The van der Waals surface area contributed by atoms with Crippen LogP contribution in [0.2, 0.25) is 0 Å². The molecule has 0 spiro atoms. The first-order valence-corrected chi connectivity index (χ1v) is 7.24. The topological polar surface area (TPSA) is 77.6 Å². The molecule has 3 rings (SSSR count). The summed E-state index contributed by atoms with van der Waals surface area (Å²) in [6, 6.07) is 6.06. The molecule has 130 valence electrons. The van der Waals surface area contributed by atoms with Gasteiger partial charge in [0.2, 0.25) is 5.91 Å². The normalized spacial score (nSPS) is 11.5. The van der Waals surface area contributed by atoms with E-state index in [2.05, 4.69) is 20.5 Å². The van der Waals surface area contributed by atoms with Gasteiger partial charge in [0.15, 0.2) is 11.5 Å². The Bertz CT molecular complexity index is 856. The Kier molecular flexibility index (Phi) is 4.50. The van der Waals surface area contributed by atoms with Gasteiger partial charge >= 0.3 is 6.18 Å². The van der Waals surface area contributed by atoms with Crippen molar-refractivity contribution < 1.29 is 18.0 Å². The lowest BCUT2D eigenvalue weighted by atomic mass is 10.2. The van der Waals surface area contributed by atoms with Gasteiger partial charge in [-0.15, -0.1) is 0 Å². The van der Waals surface area contributed by atoms with Gasteiger partial charge in [-0.2, -0.15) is 23.4 Å². The van der Waals surface area contributed by atoms with Gasteiger partial charge in [0, 0.05) is 31.3 Å². The Hall–Kier alpha value is -3.17. The SMILES string of the molecule is O=C(Cn1ccc(C(F)(F)F)n1)NCc1ccnc(-n2cccn2)c1. The van der Waals surface area contributed by atoms with Crippen LogP contribution in [0.3, 0.4) is 0 Å². The number of aromatic nitrogens is 5. The van der Waals surface area contributed by atoms with Crippen LogP contribution in [-0.2, 0) is 24.1 Å². The van der Waals surface area contributed by atoms with Crippen LogP contribution in [0.5, 0.6) is 0 Å². The summed E-state index contributed by atoms with van der Waals surface area (Å²) in [4.78, 5) is 16.0. The van der Waals surface area contributed by atoms with Crippen LogP contribution in [0.25, 0.3) is 5.82 Å². The number of halogens is 3. The molecular formula is C15H13F3N6O. The zero-order valence-corrected chi connectivity index (χ0v) is 12.8. The van der Waals surface area contributed by atoms with Crippen molar-refractivity contribution in [3.05, 3.63) is 60.3 Å². The lowest BCUT2D eigenvalue weighted by molar-refractivity contribution is -0.141. The number of pyridine rings is 1. The molecule has 0 radical (unpaired) electrons. The van der Waals surface area contributed by atoms with Gasteiger partial charge in [-0.3, -0.25) is 9.48 Å². The molecule has 0 aromatic carbocycles. The highest BCUT2D eigenvalue weighted by molar-refractivity contribution is 5.75. The molecule has 0 bridgehead atoms. The standard InChI is InChI=1S/C15H13F3N6O/c16-15(17,18)12-3-7-23(22-12)10-14(25)20-9-11-2-5-19-13(8-11)24-6-1-4-21-24/h1-8H,9-10H2,(H,20,25). The average molecular weight is 350 g/mol. The highest BCUT2D eigenvalue weighted by Gasteiger charge is 2.33. The van der Waals surface area contributed by atoms with Gasteiger partial charge in [-0.1, -0.05) is 0 Å². The molecule has 0 unspecified atom stereocenters. The van der Waals surface area contributed by atoms with Gasteiger partial charge in [-0.25, -0.2) is 9.67 Å². The average Bonchev–Trinajstić information content (AvgIpc) is 3.24. The summed E-state index contributed by atoms with van der Waals surface area (Å²) >= 11 is 0. The van der Waals surface area contributed by atoms with Gasteiger partial charge in [0.1, 0.15) is 6.54 Å². The Morgan fingerprint density at radius 1 is 1.20 bits per heavy atom. The molecule has 3 heterocycles. The number of hydrogen-bond donors (Lipinski definition) is 1. The summed E-state index contributed by atoms with van der Waals surface area (Å²) in [6.45, 7) is -0.0871. The third-order valence-electron chi connectivity index (χ3n) is 3.28. The number of carbonyl (C=O) groups is 1. The molecule has 0 fully saturated rings. The van der Waals surface area contributed by atoms with Crippen molar-refractivity contribution >= 4 is 5.91 Å². The fourth-order valence-corrected chi connectivity index (χ4v) is 2.10. The third-order valence-corrected chi connectivity index (χ3v) is 3.28. The Morgan fingerprint density at radius 3 is 2.72 bits per heavy atom. The second-order valence-corrected chi connectivity index (χ2v) is 5.15. The van der Waals surface area contributed by atoms with E-state index >= 15 is 0 Å². The van der Waals surface area contributed by atoms with Crippen LogP contribution in [-0.4, -0.2) is 30.5 Å². The van der Waals surface area contributed by atoms with E-state index < -0.39 is 17.8 Å². The lowest BCUT2D eigenvalue weighted by Gasteiger charge is -2.07. The van der Waals surface area contributed by atoms with Gasteiger partial charge in [-0.05, 0) is 29.8 Å². The largest absolute Gasteiger partial charge is 0.435 e. The predicted octanol–water partition coefficient (Wildman–Crippen LogP) is 1.80. The fraction of sp³-hybridized carbons (Fsp3) is 0.200. The smallest absolute Gasteiger partial charge is 0.350 e. The highest BCUT2D eigenvalue weighted by atomic mass is 19.4. The van der Waals surface area contributed by atoms with Crippen molar-refractivity contribution in [2.75, 3.05) is 0 Å². The predicted molar refractivity (Wildman–Crippen MR) is 80.4 cm³/mol. The molecule has 0 saturated heterocycles. The molecular weight excluding hydrogens is 337 g/mol. The van der Waals surface area contributed by atoms with Gasteiger partial charge in [0.25, 0.3) is 0 Å². The first kappa shape index (κ1) is 16.7. The number of nitrogens with zero attached hydrogens (tertiary/aromatic N) is 5. The van der Waals surface area contributed by atoms with Crippen molar-refractivity contribution in [2.45, 2.75) is 19.3 Å². The van der Waals surface area contributed by atoms with Crippen molar-refractivity contribution in [3.8, 4) is 5.82 Å². The molecule has 25 heavy (non-hydrogen) atoms. The van der Waals surface area contributed by atoms with Crippen molar-refractivity contribution in [1.29, 1.82) is 0 Å². The Labute approximate surface area is 140 Å². The molecule has 0 saturated carbocycles. The maximum atomic E-state index is 12.5. The molecule has 1 amide bonds. The molecule has 3 aromatic heterocycles. The van der Waals surface area contributed by atoms with Gasteiger partial charge in [0.05, 0.1) is 0 Å². The molecule has 0 atom stereocenters. The second kappa shape index (κ2) is 6.75. The van der Waals surface area contributed by atoms with E-state index in [9.17, 15) is 18.0 Å². The molecule has 3 aromatic rings. The number of amides is 1. The summed E-state index contributed by atoms with van der Waals surface area (Å²) in [5, 5.41) is 10.0. The quantitative estimate of drug-likeness (QED) is 0.761. The number of nitrogens with one attached hydrogen (secondary N) is 1. The first-order chi connectivity index (χ1) is 11.9. The van der Waals surface area contributed by atoms with Crippen LogP contribution in [0.4, 0.5) is 13.2 Å². The van der Waals surface area contributed by atoms with Gasteiger partial charge < -0.3 is 5.32 Å². The molecule has 10 heteroatoms. The number of rotatable bonds is 5. The fourth-order valence-electron chi connectivity index (χ4n) is 2.10. The van der Waals surface area contributed by atoms with E-state index in [1.807, 2.05) is 0 Å².